The van der Waals surface area contributed by atoms with Crippen molar-refractivity contribution < 1.29 is 9.84 Å². The Morgan fingerprint density at radius 2 is 2.21 bits per heavy atom. The first-order valence-corrected chi connectivity index (χ1v) is 6.17. The zero-order valence-corrected chi connectivity index (χ0v) is 9.98. The summed E-state index contributed by atoms with van der Waals surface area (Å²) < 4.78 is 5.64. The minimum Gasteiger partial charge on any atom is -0.394 e. The average Bonchev–Trinajstić information content (AvgIpc) is 2.11. The lowest BCUT2D eigenvalue weighted by atomic mass is 10.2. The number of aliphatic hydroxyl groups is 1. The van der Waals surface area contributed by atoms with Crippen LogP contribution in [0.25, 0.3) is 0 Å². The first kappa shape index (κ1) is 12.3. The minimum absolute atomic E-state index is 0.126. The molecule has 1 heterocycles. The summed E-state index contributed by atoms with van der Waals surface area (Å²) in [6.45, 7) is 9.20. The van der Waals surface area contributed by atoms with Gasteiger partial charge in [0.1, 0.15) is 0 Å². The van der Waals surface area contributed by atoms with E-state index in [1.54, 1.807) is 0 Å². The standard InChI is InChI=1S/C10H21NO2S/c1-10(2)9-11(4-8-14-10)3-6-13-7-5-12/h12H,3-9H2,1-2H3. The third-order valence-electron chi connectivity index (χ3n) is 2.29. The van der Waals surface area contributed by atoms with Crippen LogP contribution >= 0.6 is 11.8 Å². The number of aliphatic hydroxyl groups excluding tert-OH is 1. The monoisotopic (exact) mass is 219 g/mol. The summed E-state index contributed by atoms with van der Waals surface area (Å²) in [5.41, 5.74) is 0. The zero-order valence-electron chi connectivity index (χ0n) is 9.16. The third-order valence-corrected chi connectivity index (χ3v) is 3.59. The molecule has 0 aromatic heterocycles. The summed E-state index contributed by atoms with van der Waals surface area (Å²) in [5, 5.41) is 8.54. The Labute approximate surface area is 90.8 Å². The predicted octanol–water partition coefficient (Wildman–Crippen LogP) is 0.823. The van der Waals surface area contributed by atoms with Crippen molar-refractivity contribution in [2.75, 3.05) is 45.2 Å². The second-order valence-corrected chi connectivity index (χ2v) is 6.02. The maximum Gasteiger partial charge on any atom is 0.0698 e. The van der Waals surface area contributed by atoms with Crippen LogP contribution in [0.5, 0.6) is 0 Å². The number of ether oxygens (including phenoxy) is 1. The van der Waals surface area contributed by atoms with Crippen LogP contribution in [0.4, 0.5) is 0 Å². The molecule has 0 saturated carbocycles. The quantitative estimate of drug-likeness (QED) is 0.694. The minimum atomic E-state index is 0.126. The second-order valence-electron chi connectivity index (χ2n) is 4.22. The summed E-state index contributed by atoms with van der Waals surface area (Å²) in [6.07, 6.45) is 0. The van der Waals surface area contributed by atoms with Crippen LogP contribution < -0.4 is 0 Å². The lowest BCUT2D eigenvalue weighted by Gasteiger charge is -2.37. The van der Waals surface area contributed by atoms with Gasteiger partial charge >= 0.3 is 0 Å². The van der Waals surface area contributed by atoms with Gasteiger partial charge in [0, 0.05) is 30.1 Å². The summed E-state index contributed by atoms with van der Waals surface area (Å²) in [5.74, 6) is 1.22. The molecule has 84 valence electrons. The van der Waals surface area contributed by atoms with Crippen molar-refractivity contribution in [1.29, 1.82) is 0 Å². The van der Waals surface area contributed by atoms with E-state index in [1.807, 2.05) is 11.8 Å². The van der Waals surface area contributed by atoms with Crippen LogP contribution in [0.15, 0.2) is 0 Å². The molecule has 4 heteroatoms. The molecule has 0 atom stereocenters. The molecule has 0 aliphatic carbocycles. The van der Waals surface area contributed by atoms with Crippen LogP contribution in [-0.4, -0.2) is 60.0 Å². The molecule has 0 aromatic carbocycles. The molecule has 1 saturated heterocycles. The SMILES string of the molecule is CC1(C)CN(CCOCCO)CCS1. The molecular weight excluding hydrogens is 198 g/mol. The Balaban J connectivity index is 2.12. The van der Waals surface area contributed by atoms with E-state index in [1.165, 1.54) is 5.75 Å². The maximum atomic E-state index is 8.54. The summed E-state index contributed by atoms with van der Waals surface area (Å²) in [7, 11) is 0. The van der Waals surface area contributed by atoms with Gasteiger partial charge in [0.25, 0.3) is 0 Å². The highest BCUT2D eigenvalue weighted by Gasteiger charge is 2.26. The van der Waals surface area contributed by atoms with Crippen LogP contribution in [0.1, 0.15) is 13.8 Å². The predicted molar refractivity (Wildman–Crippen MR) is 60.9 cm³/mol. The highest BCUT2D eigenvalue weighted by molar-refractivity contribution is 8.00. The number of hydrogen-bond donors (Lipinski definition) is 1. The molecule has 3 nitrogen and oxygen atoms in total. The van der Waals surface area contributed by atoms with Crippen molar-refractivity contribution >= 4 is 11.8 Å². The summed E-state index contributed by atoms with van der Waals surface area (Å²) in [4.78, 5) is 2.44. The summed E-state index contributed by atoms with van der Waals surface area (Å²) in [6, 6.07) is 0. The highest BCUT2D eigenvalue weighted by Crippen LogP contribution is 2.29. The fourth-order valence-electron chi connectivity index (χ4n) is 1.67. The van der Waals surface area contributed by atoms with E-state index in [-0.39, 0.29) is 6.61 Å². The van der Waals surface area contributed by atoms with Gasteiger partial charge < -0.3 is 9.84 Å². The molecule has 1 N–H and O–H groups in total. The molecule has 0 radical (unpaired) electrons. The molecule has 0 aromatic rings. The van der Waals surface area contributed by atoms with Crippen molar-refractivity contribution in [3.05, 3.63) is 0 Å². The van der Waals surface area contributed by atoms with Gasteiger partial charge in [0.15, 0.2) is 0 Å². The van der Waals surface area contributed by atoms with Gasteiger partial charge in [-0.15, -0.1) is 0 Å². The van der Waals surface area contributed by atoms with E-state index in [0.717, 1.165) is 26.2 Å². The number of rotatable bonds is 5. The van der Waals surface area contributed by atoms with Gasteiger partial charge in [0.05, 0.1) is 19.8 Å². The molecule has 0 amide bonds. The largest absolute Gasteiger partial charge is 0.394 e. The van der Waals surface area contributed by atoms with E-state index in [0.29, 0.717) is 11.4 Å². The van der Waals surface area contributed by atoms with Gasteiger partial charge in [-0.25, -0.2) is 0 Å². The number of thioether (sulfide) groups is 1. The fraction of sp³-hybridized carbons (Fsp3) is 1.00. The Morgan fingerprint density at radius 3 is 2.86 bits per heavy atom. The van der Waals surface area contributed by atoms with Gasteiger partial charge in [-0.3, -0.25) is 4.90 Å². The molecule has 1 aliphatic rings. The van der Waals surface area contributed by atoms with Gasteiger partial charge in [-0.1, -0.05) is 0 Å². The normalized spacial score (nSPS) is 22.5. The van der Waals surface area contributed by atoms with Gasteiger partial charge in [-0.05, 0) is 13.8 Å². The highest BCUT2D eigenvalue weighted by atomic mass is 32.2. The Morgan fingerprint density at radius 1 is 1.43 bits per heavy atom. The first-order chi connectivity index (χ1) is 6.64. The Kier molecular flexibility index (Phi) is 5.23. The third kappa shape index (κ3) is 4.64. The van der Waals surface area contributed by atoms with Gasteiger partial charge in [-0.2, -0.15) is 11.8 Å². The van der Waals surface area contributed by atoms with E-state index in [2.05, 4.69) is 18.7 Å². The van der Waals surface area contributed by atoms with Gasteiger partial charge in [0.2, 0.25) is 0 Å². The van der Waals surface area contributed by atoms with Crippen LogP contribution in [-0.2, 0) is 4.74 Å². The van der Waals surface area contributed by atoms with Crippen LogP contribution in [0, 0.1) is 0 Å². The average molecular weight is 219 g/mol. The molecule has 14 heavy (non-hydrogen) atoms. The number of nitrogens with zero attached hydrogens (tertiary/aromatic N) is 1. The number of hydrogen-bond acceptors (Lipinski definition) is 4. The van der Waals surface area contributed by atoms with E-state index < -0.39 is 0 Å². The van der Waals surface area contributed by atoms with E-state index in [4.69, 9.17) is 9.84 Å². The van der Waals surface area contributed by atoms with Crippen LogP contribution in [0.3, 0.4) is 0 Å². The molecule has 0 unspecified atom stereocenters. The first-order valence-electron chi connectivity index (χ1n) is 5.19. The second kappa shape index (κ2) is 5.95. The van der Waals surface area contributed by atoms with Crippen molar-refractivity contribution in [2.24, 2.45) is 0 Å². The van der Waals surface area contributed by atoms with Crippen molar-refractivity contribution in [2.45, 2.75) is 18.6 Å². The van der Waals surface area contributed by atoms with E-state index >= 15 is 0 Å². The lowest BCUT2D eigenvalue weighted by molar-refractivity contribution is 0.0727. The van der Waals surface area contributed by atoms with Crippen molar-refractivity contribution in [3.8, 4) is 0 Å². The zero-order chi connectivity index (χ0) is 10.4. The van der Waals surface area contributed by atoms with Crippen molar-refractivity contribution in [3.63, 3.8) is 0 Å². The smallest absolute Gasteiger partial charge is 0.0698 e. The van der Waals surface area contributed by atoms with Crippen LogP contribution in [0.2, 0.25) is 0 Å². The molecule has 0 bridgehead atoms. The maximum absolute atomic E-state index is 8.54. The molecule has 1 fully saturated rings. The molecule has 1 aliphatic heterocycles. The van der Waals surface area contributed by atoms with E-state index in [9.17, 15) is 0 Å². The Bertz CT molecular complexity index is 164. The lowest BCUT2D eigenvalue weighted by Crippen LogP contribution is -2.44. The topological polar surface area (TPSA) is 32.7 Å². The Hall–Kier alpha value is 0.230. The molecule has 0 spiro atoms. The molecule has 1 rings (SSSR count). The fourth-order valence-corrected chi connectivity index (χ4v) is 2.84. The van der Waals surface area contributed by atoms with Crippen molar-refractivity contribution in [1.82, 2.24) is 4.90 Å². The molecular formula is C10H21NO2S. The summed E-state index contributed by atoms with van der Waals surface area (Å²) >= 11 is 2.05.